The molecule has 2 aromatic carbocycles. The van der Waals surface area contributed by atoms with Crippen LogP contribution < -0.4 is 26.0 Å². The molecular formula is C28H28ClF2N7O5. The normalized spacial score (nSPS) is 16.2. The predicted molar refractivity (Wildman–Crippen MR) is 151 cm³/mol. The van der Waals surface area contributed by atoms with Gasteiger partial charge in [0.2, 0.25) is 11.7 Å². The van der Waals surface area contributed by atoms with Crippen molar-refractivity contribution in [2.45, 2.75) is 18.9 Å². The zero-order valence-electron chi connectivity index (χ0n) is 22.7. The Morgan fingerprint density at radius 3 is 2.67 bits per heavy atom. The molecule has 4 rings (SSSR count). The van der Waals surface area contributed by atoms with E-state index in [1.165, 1.54) is 36.5 Å². The number of benzene rings is 2. The third-order valence-corrected chi connectivity index (χ3v) is 6.92. The molecule has 0 spiro atoms. The first kappa shape index (κ1) is 31.4. The predicted octanol–water partition coefficient (Wildman–Crippen LogP) is 1.90. The van der Waals surface area contributed by atoms with Crippen LogP contribution in [0.25, 0.3) is 0 Å². The smallest absolute Gasteiger partial charge is 0.291 e. The molecule has 2 heterocycles. The molecule has 0 unspecified atom stereocenters. The topological polar surface area (TPSA) is 181 Å². The van der Waals surface area contributed by atoms with E-state index < -0.39 is 42.1 Å². The zero-order chi connectivity index (χ0) is 30.9. The second kappa shape index (κ2) is 14.5. The van der Waals surface area contributed by atoms with Gasteiger partial charge in [0.25, 0.3) is 11.8 Å². The molecule has 1 aromatic heterocycles. The first-order valence-corrected chi connectivity index (χ1v) is 13.6. The number of piperidine rings is 1. The number of H-pyrrole nitrogens is 1. The fraction of sp³-hybridized carbons (Fsp3) is 0.321. The molecule has 0 radical (unpaired) electrons. The molecule has 0 aliphatic carbocycles. The number of hydrogen-bond donors (Lipinski definition) is 6. The highest BCUT2D eigenvalue weighted by Crippen LogP contribution is 2.25. The number of nitrogens with zero attached hydrogens (tertiary/aromatic N) is 2. The second-order valence-electron chi connectivity index (χ2n) is 9.59. The number of hydrogen-bond acceptors (Lipinski definition) is 8. The Morgan fingerprint density at radius 1 is 1.14 bits per heavy atom. The summed E-state index contributed by atoms with van der Waals surface area (Å²) in [7, 11) is 0. The zero-order valence-corrected chi connectivity index (χ0v) is 23.4. The number of carbonyl (C=O) groups excluding carboxylic acids is 3. The molecule has 226 valence electrons. The van der Waals surface area contributed by atoms with Gasteiger partial charge in [0.05, 0.1) is 22.6 Å². The minimum atomic E-state index is -1.22. The molecule has 1 aliphatic heterocycles. The van der Waals surface area contributed by atoms with Crippen LogP contribution >= 0.6 is 11.6 Å². The number of aliphatic hydroxyl groups excluding tert-OH is 1. The minimum Gasteiger partial charge on any atom is -0.476 e. The molecular weight excluding hydrogens is 588 g/mol. The molecule has 15 heteroatoms. The van der Waals surface area contributed by atoms with Gasteiger partial charge >= 0.3 is 0 Å². The summed E-state index contributed by atoms with van der Waals surface area (Å²) in [6, 6.07) is 8.47. The van der Waals surface area contributed by atoms with Gasteiger partial charge in [0.15, 0.2) is 24.0 Å². The van der Waals surface area contributed by atoms with Gasteiger partial charge in [-0.3, -0.25) is 14.4 Å². The van der Waals surface area contributed by atoms with Crippen molar-refractivity contribution in [3.8, 4) is 11.8 Å². The van der Waals surface area contributed by atoms with Gasteiger partial charge in [0.1, 0.15) is 6.07 Å². The Labute approximate surface area is 249 Å². The Morgan fingerprint density at radius 2 is 1.93 bits per heavy atom. The van der Waals surface area contributed by atoms with Crippen molar-refractivity contribution < 1.29 is 33.0 Å². The van der Waals surface area contributed by atoms with Gasteiger partial charge in [-0.1, -0.05) is 17.7 Å². The Kier molecular flexibility index (Phi) is 10.6. The van der Waals surface area contributed by atoms with Crippen LogP contribution in [0, 0.1) is 28.9 Å². The number of carbonyl (C=O) groups is 3. The van der Waals surface area contributed by atoms with E-state index in [-0.39, 0.29) is 58.8 Å². The maximum Gasteiger partial charge on any atom is 0.291 e. The lowest BCUT2D eigenvalue weighted by molar-refractivity contribution is -0.129. The summed E-state index contributed by atoms with van der Waals surface area (Å²) >= 11 is 6.27. The number of ether oxygens (including phenoxy) is 1. The molecule has 2 atom stereocenters. The van der Waals surface area contributed by atoms with Gasteiger partial charge in [-0.25, -0.2) is 9.37 Å². The first-order chi connectivity index (χ1) is 20.7. The minimum absolute atomic E-state index is 0.0129. The highest BCUT2D eigenvalue weighted by molar-refractivity contribution is 6.34. The molecule has 12 nitrogen and oxygen atoms in total. The second-order valence-corrected chi connectivity index (χ2v) is 10.0. The van der Waals surface area contributed by atoms with Crippen molar-refractivity contribution in [2.75, 3.05) is 38.1 Å². The van der Waals surface area contributed by atoms with Crippen LogP contribution in [0.4, 0.5) is 14.5 Å². The fourth-order valence-corrected chi connectivity index (χ4v) is 4.67. The quantitative estimate of drug-likeness (QED) is 0.177. The summed E-state index contributed by atoms with van der Waals surface area (Å²) in [4.78, 5) is 44.2. The standard InChI is InChI=1S/C28H28ClF2N7O5/c29-20-12-16(2-3-18(20)26(40)34-8-9-35-27(41)19-5-7-33-14-21(19)39)38-28(42)25-36-13-17(37-25)11-15-1-4-22(43-10-6-32)24(31)23(15)30/h1-4,12-13,19,21,33,39H,5,7-11,14H2,(H,34,40)(H,35,41)(H,36,37)(H,38,42)/t19-,21+/m1/s1. The van der Waals surface area contributed by atoms with Crippen LogP contribution in [0.15, 0.2) is 36.5 Å². The van der Waals surface area contributed by atoms with E-state index in [2.05, 4.69) is 31.2 Å². The van der Waals surface area contributed by atoms with Crippen molar-refractivity contribution in [2.24, 2.45) is 5.92 Å². The highest BCUT2D eigenvalue weighted by atomic mass is 35.5. The van der Waals surface area contributed by atoms with Crippen molar-refractivity contribution in [1.29, 1.82) is 5.26 Å². The van der Waals surface area contributed by atoms with Crippen LogP contribution in [0.5, 0.6) is 5.75 Å². The first-order valence-electron chi connectivity index (χ1n) is 13.2. The molecule has 1 aliphatic rings. The van der Waals surface area contributed by atoms with Crippen LogP contribution in [-0.4, -0.2) is 71.7 Å². The lowest BCUT2D eigenvalue weighted by atomic mass is 9.94. The molecule has 0 saturated carbocycles. The number of nitrogens with one attached hydrogen (secondary N) is 5. The summed E-state index contributed by atoms with van der Waals surface area (Å²) in [5.74, 6) is -4.73. The Bertz CT molecular complexity index is 1540. The maximum atomic E-state index is 14.4. The van der Waals surface area contributed by atoms with Crippen molar-refractivity contribution in [3.05, 3.63) is 75.8 Å². The number of aliphatic hydroxyl groups is 1. The third kappa shape index (κ3) is 8.04. The molecule has 3 amide bonds. The van der Waals surface area contributed by atoms with Gasteiger partial charge in [0, 0.05) is 43.6 Å². The average molecular weight is 616 g/mol. The Balaban J connectivity index is 1.28. The summed E-state index contributed by atoms with van der Waals surface area (Å²) in [6.07, 6.45) is 0.980. The average Bonchev–Trinajstić information content (AvgIpc) is 3.46. The summed E-state index contributed by atoms with van der Waals surface area (Å²) < 4.78 is 33.5. The number of anilines is 1. The van der Waals surface area contributed by atoms with Gasteiger partial charge in [-0.05, 0) is 42.8 Å². The van der Waals surface area contributed by atoms with E-state index in [0.717, 1.165) is 0 Å². The molecule has 1 saturated heterocycles. The number of β-amino-alcohol motifs (C(OH)–C–C–N with tert-alkyl or cyclic N) is 1. The summed E-state index contributed by atoms with van der Waals surface area (Å²) in [6.45, 7) is 0.874. The molecule has 3 aromatic rings. The number of rotatable bonds is 11. The number of nitriles is 1. The van der Waals surface area contributed by atoms with Crippen LogP contribution in [0.2, 0.25) is 5.02 Å². The van der Waals surface area contributed by atoms with Gasteiger partial charge in [-0.15, -0.1) is 0 Å². The van der Waals surface area contributed by atoms with E-state index in [1.807, 2.05) is 0 Å². The SMILES string of the molecule is N#CCOc1ccc(Cc2cnc(C(=O)Nc3ccc(C(=O)NCCNC(=O)[C@@H]4CCNC[C@@H]4O)c(Cl)c3)[nH]2)c(F)c1F. The van der Waals surface area contributed by atoms with E-state index in [1.54, 1.807) is 6.07 Å². The monoisotopic (exact) mass is 615 g/mol. The number of amides is 3. The van der Waals surface area contributed by atoms with E-state index in [9.17, 15) is 28.3 Å². The number of aromatic nitrogens is 2. The number of aromatic amines is 1. The number of halogens is 3. The van der Waals surface area contributed by atoms with Crippen molar-refractivity contribution in [1.82, 2.24) is 25.9 Å². The highest BCUT2D eigenvalue weighted by Gasteiger charge is 2.29. The van der Waals surface area contributed by atoms with Crippen molar-refractivity contribution >= 4 is 35.0 Å². The van der Waals surface area contributed by atoms with E-state index in [0.29, 0.717) is 25.2 Å². The largest absolute Gasteiger partial charge is 0.476 e. The van der Waals surface area contributed by atoms with E-state index >= 15 is 0 Å². The summed E-state index contributed by atoms with van der Waals surface area (Å²) in [5, 5.41) is 29.5. The van der Waals surface area contributed by atoms with Crippen LogP contribution in [0.1, 0.15) is 38.7 Å². The lowest BCUT2D eigenvalue weighted by Crippen LogP contribution is -2.48. The van der Waals surface area contributed by atoms with Gasteiger partial charge in [-0.2, -0.15) is 9.65 Å². The van der Waals surface area contributed by atoms with Gasteiger partial charge < -0.3 is 36.1 Å². The molecule has 43 heavy (non-hydrogen) atoms. The molecule has 1 fully saturated rings. The van der Waals surface area contributed by atoms with Crippen LogP contribution in [0.3, 0.4) is 0 Å². The molecule has 0 bridgehead atoms. The lowest BCUT2D eigenvalue weighted by Gasteiger charge is -2.27. The van der Waals surface area contributed by atoms with Crippen molar-refractivity contribution in [3.63, 3.8) is 0 Å². The fourth-order valence-electron chi connectivity index (χ4n) is 4.40. The van der Waals surface area contributed by atoms with Crippen LogP contribution in [-0.2, 0) is 11.2 Å². The maximum absolute atomic E-state index is 14.4. The van der Waals surface area contributed by atoms with E-state index in [4.69, 9.17) is 21.6 Å². The Hall–Kier alpha value is -4.58. The summed E-state index contributed by atoms with van der Waals surface area (Å²) in [5.41, 5.74) is 0.750. The molecule has 6 N–H and O–H groups in total. The number of imidazole rings is 1. The third-order valence-electron chi connectivity index (χ3n) is 6.61.